The Morgan fingerprint density at radius 1 is 1.12 bits per heavy atom. The summed E-state index contributed by atoms with van der Waals surface area (Å²) in [6.07, 6.45) is 3.35. The van der Waals surface area contributed by atoms with Gasteiger partial charge in [-0.3, -0.25) is 9.69 Å². The first-order valence-corrected chi connectivity index (χ1v) is 14.9. The summed E-state index contributed by atoms with van der Waals surface area (Å²) in [5, 5.41) is 12.6. The minimum atomic E-state index is -0.0942. The zero-order valence-electron chi connectivity index (χ0n) is 24.5. The number of nitrogens with zero attached hydrogens (tertiary/aromatic N) is 6. The molecule has 2 saturated heterocycles. The molecule has 4 heterocycles. The van der Waals surface area contributed by atoms with Gasteiger partial charge in [-0.2, -0.15) is 9.97 Å². The van der Waals surface area contributed by atoms with Gasteiger partial charge in [0.15, 0.2) is 0 Å². The molecule has 10 heteroatoms. The summed E-state index contributed by atoms with van der Waals surface area (Å²) < 4.78 is 11.9. The lowest BCUT2D eigenvalue weighted by atomic mass is 10.0. The normalized spacial score (nSPS) is 20.0. The molecule has 2 fully saturated rings. The molecule has 0 radical (unpaired) electrons. The highest BCUT2D eigenvalue weighted by Gasteiger charge is 2.30. The fourth-order valence-electron chi connectivity index (χ4n) is 6.45. The smallest absolute Gasteiger partial charge is 0.318 e. The SMILES string of the molecule is C=CC(=O)N1CCN(c2nc(OC(C)CN3CC[C@@H](OC)C3)nc3c2CCN(c2cc(O)cc4ccccc24)C3)CC1. The lowest BCUT2D eigenvalue weighted by molar-refractivity contribution is -0.126. The fourth-order valence-corrected chi connectivity index (χ4v) is 6.45. The van der Waals surface area contributed by atoms with Crippen LogP contribution in [0.2, 0.25) is 0 Å². The number of likely N-dealkylation sites (tertiary alicyclic amines) is 1. The molecular weight excluding hydrogens is 532 g/mol. The molecule has 0 spiro atoms. The van der Waals surface area contributed by atoms with Gasteiger partial charge in [-0.15, -0.1) is 0 Å². The van der Waals surface area contributed by atoms with Crippen molar-refractivity contribution in [3.8, 4) is 11.8 Å². The maximum atomic E-state index is 12.2. The van der Waals surface area contributed by atoms with E-state index in [4.69, 9.17) is 19.4 Å². The molecule has 42 heavy (non-hydrogen) atoms. The maximum absolute atomic E-state index is 12.2. The van der Waals surface area contributed by atoms with Crippen LogP contribution in [0.1, 0.15) is 24.6 Å². The van der Waals surface area contributed by atoms with Gasteiger partial charge in [0, 0.05) is 82.2 Å². The van der Waals surface area contributed by atoms with E-state index < -0.39 is 0 Å². The monoisotopic (exact) mass is 572 g/mol. The largest absolute Gasteiger partial charge is 0.508 e. The Morgan fingerprint density at radius 3 is 2.69 bits per heavy atom. The Balaban J connectivity index is 1.28. The van der Waals surface area contributed by atoms with Crippen molar-refractivity contribution in [2.24, 2.45) is 0 Å². The first-order chi connectivity index (χ1) is 20.4. The van der Waals surface area contributed by atoms with Crippen LogP contribution in [-0.4, -0.2) is 102 Å². The van der Waals surface area contributed by atoms with Gasteiger partial charge in [0.2, 0.25) is 5.91 Å². The highest BCUT2D eigenvalue weighted by molar-refractivity contribution is 5.95. The van der Waals surface area contributed by atoms with Crippen molar-refractivity contribution < 1.29 is 19.4 Å². The molecule has 3 aliphatic heterocycles. The highest BCUT2D eigenvalue weighted by atomic mass is 16.5. The number of aromatic nitrogens is 2. The summed E-state index contributed by atoms with van der Waals surface area (Å²) in [6.45, 7) is 12.3. The molecule has 1 aromatic heterocycles. The van der Waals surface area contributed by atoms with E-state index in [2.05, 4.69) is 34.3 Å². The van der Waals surface area contributed by atoms with Crippen LogP contribution < -0.4 is 14.5 Å². The number of aromatic hydroxyl groups is 1. The second kappa shape index (κ2) is 12.1. The minimum Gasteiger partial charge on any atom is -0.508 e. The summed E-state index contributed by atoms with van der Waals surface area (Å²) in [4.78, 5) is 30.9. The first kappa shape index (κ1) is 28.2. The van der Waals surface area contributed by atoms with E-state index in [1.54, 1.807) is 13.2 Å². The van der Waals surface area contributed by atoms with Crippen molar-refractivity contribution in [2.45, 2.75) is 38.5 Å². The number of phenolic OH excluding ortho intramolecular Hbond substituents is 1. The number of benzene rings is 2. The molecule has 222 valence electrons. The van der Waals surface area contributed by atoms with E-state index >= 15 is 0 Å². The van der Waals surface area contributed by atoms with Crippen molar-refractivity contribution >= 4 is 28.2 Å². The Hall–Kier alpha value is -3.89. The Morgan fingerprint density at radius 2 is 1.93 bits per heavy atom. The number of piperazine rings is 1. The maximum Gasteiger partial charge on any atom is 0.318 e. The number of phenols is 1. The van der Waals surface area contributed by atoms with E-state index in [9.17, 15) is 9.90 Å². The number of ether oxygens (including phenoxy) is 2. The number of anilines is 2. The van der Waals surface area contributed by atoms with E-state index in [0.717, 1.165) is 72.6 Å². The molecule has 10 nitrogen and oxygen atoms in total. The lowest BCUT2D eigenvalue weighted by Crippen LogP contribution is -2.49. The zero-order chi connectivity index (χ0) is 29.2. The number of amides is 1. The van der Waals surface area contributed by atoms with Crippen LogP contribution in [-0.2, 0) is 22.5 Å². The first-order valence-electron chi connectivity index (χ1n) is 14.9. The average molecular weight is 573 g/mol. The summed E-state index contributed by atoms with van der Waals surface area (Å²) in [5.74, 6) is 1.11. The van der Waals surface area contributed by atoms with Gasteiger partial charge in [0.1, 0.15) is 17.7 Å². The third kappa shape index (κ3) is 5.87. The fraction of sp³-hybridized carbons (Fsp3) is 0.469. The molecule has 0 saturated carbocycles. The number of fused-ring (bicyclic) bond motifs is 2. The molecule has 0 aliphatic carbocycles. The van der Waals surface area contributed by atoms with E-state index in [0.29, 0.717) is 38.7 Å². The van der Waals surface area contributed by atoms with Crippen molar-refractivity contribution in [3.63, 3.8) is 0 Å². The lowest BCUT2D eigenvalue weighted by Gasteiger charge is -2.38. The van der Waals surface area contributed by atoms with Crippen LogP contribution in [0, 0.1) is 0 Å². The second-order valence-corrected chi connectivity index (χ2v) is 11.5. The minimum absolute atomic E-state index is 0.0381. The van der Waals surface area contributed by atoms with E-state index in [1.807, 2.05) is 29.2 Å². The molecular formula is C32H40N6O4. The molecule has 6 rings (SSSR count). The number of carbonyl (C=O) groups excluding carboxylic acids is 1. The van der Waals surface area contributed by atoms with Crippen LogP contribution in [0.15, 0.2) is 49.1 Å². The topological polar surface area (TPSA) is 94.5 Å². The molecule has 1 N–H and O–H groups in total. The van der Waals surface area contributed by atoms with Gasteiger partial charge in [-0.25, -0.2) is 0 Å². The number of methoxy groups -OCH3 is 1. The number of hydrogen-bond acceptors (Lipinski definition) is 9. The molecule has 0 bridgehead atoms. The van der Waals surface area contributed by atoms with Gasteiger partial charge in [-0.05, 0) is 37.3 Å². The van der Waals surface area contributed by atoms with Gasteiger partial charge in [0.25, 0.3) is 0 Å². The molecule has 1 unspecified atom stereocenters. The Labute approximate surface area is 247 Å². The standard InChI is InChI=1S/C32H40N6O4/c1-4-30(40)36-13-15-37(16-14-36)31-27-10-12-38(29-18-24(39)17-23-7-5-6-8-26(23)29)21-28(27)33-32(34-31)42-22(2)19-35-11-9-25(20-35)41-3/h4-8,17-18,22,25,39H,1,9-16,19-21H2,2-3H3/t22?,25-/m1/s1. The van der Waals surface area contributed by atoms with Gasteiger partial charge < -0.3 is 29.3 Å². The highest BCUT2D eigenvalue weighted by Crippen LogP contribution is 2.36. The van der Waals surface area contributed by atoms with E-state index in [1.165, 1.54) is 6.08 Å². The van der Waals surface area contributed by atoms with Crippen molar-refractivity contribution in [3.05, 3.63) is 60.3 Å². The third-order valence-electron chi connectivity index (χ3n) is 8.64. The summed E-state index contributed by atoms with van der Waals surface area (Å²) in [6, 6.07) is 12.2. The molecule has 2 aromatic carbocycles. The Bertz CT molecular complexity index is 1460. The van der Waals surface area contributed by atoms with Crippen LogP contribution >= 0.6 is 0 Å². The summed E-state index contributed by atoms with van der Waals surface area (Å²) in [7, 11) is 1.77. The van der Waals surface area contributed by atoms with Gasteiger partial charge in [0.05, 0.1) is 18.3 Å². The van der Waals surface area contributed by atoms with Crippen molar-refractivity contribution in [1.29, 1.82) is 0 Å². The van der Waals surface area contributed by atoms with Crippen LogP contribution in [0.3, 0.4) is 0 Å². The number of rotatable bonds is 8. The summed E-state index contributed by atoms with van der Waals surface area (Å²) in [5.41, 5.74) is 3.05. The molecule has 1 amide bonds. The zero-order valence-corrected chi connectivity index (χ0v) is 24.5. The number of carbonyl (C=O) groups is 1. The predicted molar refractivity (Wildman–Crippen MR) is 163 cm³/mol. The van der Waals surface area contributed by atoms with Gasteiger partial charge >= 0.3 is 6.01 Å². The van der Waals surface area contributed by atoms with Crippen molar-refractivity contribution in [2.75, 3.05) is 69.3 Å². The average Bonchev–Trinajstić information content (AvgIpc) is 3.46. The summed E-state index contributed by atoms with van der Waals surface area (Å²) >= 11 is 0. The van der Waals surface area contributed by atoms with Crippen LogP contribution in [0.25, 0.3) is 10.8 Å². The van der Waals surface area contributed by atoms with Crippen LogP contribution in [0.5, 0.6) is 11.8 Å². The Kier molecular flexibility index (Phi) is 8.17. The van der Waals surface area contributed by atoms with Crippen molar-refractivity contribution in [1.82, 2.24) is 19.8 Å². The molecule has 3 aliphatic rings. The predicted octanol–water partition coefficient (Wildman–Crippen LogP) is 3.22. The van der Waals surface area contributed by atoms with Gasteiger partial charge in [-0.1, -0.05) is 30.8 Å². The molecule has 3 aromatic rings. The quantitative estimate of drug-likeness (QED) is 0.409. The molecule has 2 atom stereocenters. The second-order valence-electron chi connectivity index (χ2n) is 11.5. The van der Waals surface area contributed by atoms with E-state index in [-0.39, 0.29) is 23.9 Å². The van der Waals surface area contributed by atoms with Crippen LogP contribution in [0.4, 0.5) is 11.5 Å². The third-order valence-corrected chi connectivity index (χ3v) is 8.64. The number of hydrogen-bond donors (Lipinski definition) is 1.